The molecule has 0 radical (unpaired) electrons. The molecule has 1 aromatic rings. The molecule has 0 saturated carbocycles. The molecule has 23 heavy (non-hydrogen) atoms. The fourth-order valence-corrected chi connectivity index (χ4v) is 3.53. The monoisotopic (exact) mass is 321 g/mol. The lowest BCUT2D eigenvalue weighted by Crippen LogP contribution is -2.50. The number of H-pyrrole nitrogens is 1. The number of carbonyl (C=O) groups excluding carboxylic acids is 1. The predicted molar refractivity (Wildman–Crippen MR) is 87.0 cm³/mol. The van der Waals surface area contributed by atoms with Gasteiger partial charge in [0.25, 0.3) is 0 Å². The average Bonchev–Trinajstić information content (AvgIpc) is 3.13. The molecule has 2 amide bonds. The van der Waals surface area contributed by atoms with Gasteiger partial charge in [0, 0.05) is 38.4 Å². The van der Waals surface area contributed by atoms with Gasteiger partial charge >= 0.3 is 6.03 Å². The van der Waals surface area contributed by atoms with Crippen molar-refractivity contribution >= 4 is 6.03 Å². The van der Waals surface area contributed by atoms with Crippen molar-refractivity contribution in [2.75, 3.05) is 39.4 Å². The first-order valence-electron chi connectivity index (χ1n) is 8.57. The zero-order chi connectivity index (χ0) is 16.1. The highest BCUT2D eigenvalue weighted by atomic mass is 16.5. The van der Waals surface area contributed by atoms with Crippen LogP contribution in [0.5, 0.6) is 0 Å². The van der Waals surface area contributed by atoms with Crippen LogP contribution in [0.25, 0.3) is 0 Å². The van der Waals surface area contributed by atoms with E-state index >= 15 is 0 Å². The second-order valence-electron chi connectivity index (χ2n) is 6.45. The number of likely N-dealkylation sites (tertiary alicyclic amines) is 1. The molecule has 1 aromatic heterocycles. The standard InChI is InChI=1S/C16H27N5O2/c1-13(20-8-10-23-11-9-20)14-3-6-21(7-4-14)16(22)17-12-15-2-5-18-19-15/h2,5,13-14H,3-4,6-12H2,1H3,(H,17,22)(H,18,19). The number of hydrogen-bond acceptors (Lipinski definition) is 4. The predicted octanol–water partition coefficient (Wildman–Crippen LogP) is 1.05. The number of morpholine rings is 1. The van der Waals surface area contributed by atoms with Crippen molar-refractivity contribution in [1.82, 2.24) is 25.3 Å². The fraction of sp³-hybridized carbons (Fsp3) is 0.750. The van der Waals surface area contributed by atoms with Gasteiger partial charge in [-0.3, -0.25) is 10.00 Å². The number of urea groups is 1. The topological polar surface area (TPSA) is 73.5 Å². The molecule has 2 N–H and O–H groups in total. The quantitative estimate of drug-likeness (QED) is 0.869. The Morgan fingerprint density at radius 3 is 2.78 bits per heavy atom. The lowest BCUT2D eigenvalue weighted by Gasteiger charge is -2.40. The number of amides is 2. The molecule has 3 rings (SSSR count). The van der Waals surface area contributed by atoms with Crippen molar-refractivity contribution < 1.29 is 9.53 Å². The summed E-state index contributed by atoms with van der Waals surface area (Å²) in [4.78, 5) is 16.7. The van der Waals surface area contributed by atoms with Crippen molar-refractivity contribution in [3.63, 3.8) is 0 Å². The van der Waals surface area contributed by atoms with E-state index in [2.05, 4.69) is 27.3 Å². The van der Waals surface area contributed by atoms with Crippen LogP contribution in [0.15, 0.2) is 12.3 Å². The summed E-state index contributed by atoms with van der Waals surface area (Å²) in [7, 11) is 0. The Hall–Kier alpha value is -1.60. The van der Waals surface area contributed by atoms with E-state index in [1.54, 1.807) is 6.20 Å². The molecule has 0 spiro atoms. The highest BCUT2D eigenvalue weighted by Crippen LogP contribution is 2.24. The molecule has 128 valence electrons. The summed E-state index contributed by atoms with van der Waals surface area (Å²) in [5, 5.41) is 9.69. The largest absolute Gasteiger partial charge is 0.379 e. The minimum absolute atomic E-state index is 0.0251. The van der Waals surface area contributed by atoms with Crippen LogP contribution in [0.1, 0.15) is 25.5 Å². The summed E-state index contributed by atoms with van der Waals surface area (Å²) in [5.41, 5.74) is 0.925. The van der Waals surface area contributed by atoms with Gasteiger partial charge in [0.1, 0.15) is 0 Å². The maximum atomic E-state index is 12.2. The van der Waals surface area contributed by atoms with E-state index in [0.29, 0.717) is 18.5 Å². The first kappa shape index (κ1) is 16.3. The third-order valence-corrected chi connectivity index (χ3v) is 5.12. The smallest absolute Gasteiger partial charge is 0.317 e. The zero-order valence-electron chi connectivity index (χ0n) is 13.8. The Kier molecular flexibility index (Phi) is 5.51. The third-order valence-electron chi connectivity index (χ3n) is 5.12. The van der Waals surface area contributed by atoms with E-state index in [1.165, 1.54) is 0 Å². The number of nitrogens with zero attached hydrogens (tertiary/aromatic N) is 3. The number of ether oxygens (including phenoxy) is 1. The van der Waals surface area contributed by atoms with Crippen LogP contribution in [0.2, 0.25) is 0 Å². The summed E-state index contributed by atoms with van der Waals surface area (Å²) in [6, 6.07) is 2.47. The first-order valence-corrected chi connectivity index (χ1v) is 8.57. The Balaban J connectivity index is 1.41. The van der Waals surface area contributed by atoms with Crippen molar-refractivity contribution in [2.24, 2.45) is 5.92 Å². The molecule has 2 fully saturated rings. The summed E-state index contributed by atoms with van der Waals surface area (Å²) in [6.07, 6.45) is 3.85. The fourth-order valence-electron chi connectivity index (χ4n) is 3.53. The van der Waals surface area contributed by atoms with Gasteiger partial charge in [-0.2, -0.15) is 5.10 Å². The second-order valence-corrected chi connectivity index (χ2v) is 6.45. The van der Waals surface area contributed by atoms with Gasteiger partial charge in [-0.25, -0.2) is 4.79 Å². The molecule has 0 aliphatic carbocycles. The van der Waals surface area contributed by atoms with Crippen LogP contribution < -0.4 is 5.32 Å². The highest BCUT2D eigenvalue weighted by Gasteiger charge is 2.29. The SMILES string of the molecule is CC(C1CCN(C(=O)NCc2ccn[nH]2)CC1)N1CCOCC1. The van der Waals surface area contributed by atoms with E-state index in [-0.39, 0.29) is 6.03 Å². The van der Waals surface area contributed by atoms with Gasteiger partial charge < -0.3 is 15.0 Å². The maximum absolute atomic E-state index is 12.2. The number of aromatic nitrogens is 2. The van der Waals surface area contributed by atoms with Gasteiger partial charge in [-0.15, -0.1) is 0 Å². The van der Waals surface area contributed by atoms with Gasteiger partial charge in [0.15, 0.2) is 0 Å². The maximum Gasteiger partial charge on any atom is 0.317 e. The van der Waals surface area contributed by atoms with Crippen LogP contribution in [-0.4, -0.2) is 71.5 Å². The Morgan fingerprint density at radius 2 is 2.13 bits per heavy atom. The van der Waals surface area contributed by atoms with Gasteiger partial charge in [-0.1, -0.05) is 0 Å². The summed E-state index contributed by atoms with van der Waals surface area (Å²) in [5.74, 6) is 0.671. The van der Waals surface area contributed by atoms with E-state index in [9.17, 15) is 4.79 Å². The van der Waals surface area contributed by atoms with Crippen LogP contribution in [-0.2, 0) is 11.3 Å². The first-order chi connectivity index (χ1) is 11.2. The van der Waals surface area contributed by atoms with E-state index in [1.807, 2.05) is 11.0 Å². The van der Waals surface area contributed by atoms with Gasteiger partial charge in [-0.05, 0) is 31.7 Å². The van der Waals surface area contributed by atoms with Gasteiger partial charge in [0.2, 0.25) is 0 Å². The van der Waals surface area contributed by atoms with Crippen LogP contribution >= 0.6 is 0 Å². The molecule has 1 atom stereocenters. The summed E-state index contributed by atoms with van der Waals surface area (Å²) in [6.45, 7) is 8.27. The molecule has 1 unspecified atom stereocenters. The number of rotatable bonds is 4. The Morgan fingerprint density at radius 1 is 1.39 bits per heavy atom. The molecular weight excluding hydrogens is 294 g/mol. The molecule has 3 heterocycles. The summed E-state index contributed by atoms with van der Waals surface area (Å²) < 4.78 is 5.43. The molecule has 7 nitrogen and oxygen atoms in total. The number of carbonyl (C=O) groups is 1. The van der Waals surface area contributed by atoms with E-state index in [4.69, 9.17) is 4.74 Å². The van der Waals surface area contributed by atoms with Crippen molar-refractivity contribution in [3.8, 4) is 0 Å². The van der Waals surface area contributed by atoms with Crippen LogP contribution in [0.4, 0.5) is 4.79 Å². The molecule has 7 heteroatoms. The molecule has 0 bridgehead atoms. The number of piperidine rings is 1. The number of hydrogen-bond donors (Lipinski definition) is 2. The van der Waals surface area contributed by atoms with Crippen molar-refractivity contribution in [3.05, 3.63) is 18.0 Å². The van der Waals surface area contributed by atoms with Crippen molar-refractivity contribution in [1.29, 1.82) is 0 Å². The molecule has 2 aliphatic heterocycles. The van der Waals surface area contributed by atoms with Crippen LogP contribution in [0.3, 0.4) is 0 Å². The second kappa shape index (κ2) is 7.79. The Labute approximate surface area is 137 Å². The minimum Gasteiger partial charge on any atom is -0.379 e. The van der Waals surface area contributed by atoms with Gasteiger partial charge in [0.05, 0.1) is 25.5 Å². The summed E-state index contributed by atoms with van der Waals surface area (Å²) >= 11 is 0. The Bertz CT molecular complexity index is 479. The van der Waals surface area contributed by atoms with Crippen molar-refractivity contribution in [2.45, 2.75) is 32.4 Å². The third kappa shape index (κ3) is 4.23. The molecular formula is C16H27N5O2. The lowest BCUT2D eigenvalue weighted by molar-refractivity contribution is 0.000246. The highest BCUT2D eigenvalue weighted by molar-refractivity contribution is 5.74. The van der Waals surface area contributed by atoms with E-state index < -0.39 is 0 Å². The minimum atomic E-state index is 0.0251. The normalized spacial score (nSPS) is 22.0. The average molecular weight is 321 g/mol. The lowest BCUT2D eigenvalue weighted by atomic mass is 9.89. The molecule has 2 saturated heterocycles. The molecule has 0 aromatic carbocycles. The van der Waals surface area contributed by atoms with Crippen LogP contribution in [0, 0.1) is 5.92 Å². The number of aromatic amines is 1. The zero-order valence-corrected chi connectivity index (χ0v) is 13.8. The molecule has 2 aliphatic rings. The van der Waals surface area contributed by atoms with E-state index in [0.717, 1.165) is 57.9 Å². The number of nitrogens with one attached hydrogen (secondary N) is 2.